The van der Waals surface area contributed by atoms with Gasteiger partial charge >= 0.3 is 5.97 Å². The number of carbonyl (C=O) groups excluding carboxylic acids is 2. The van der Waals surface area contributed by atoms with E-state index in [0.29, 0.717) is 0 Å². The molecule has 1 aromatic carbocycles. The van der Waals surface area contributed by atoms with Gasteiger partial charge in [-0.2, -0.15) is 0 Å². The number of rotatable bonds is 8. The largest absolute Gasteiger partial charge is 0.480 e. The number of carboxylic acid groups (broad SMARTS) is 1. The predicted molar refractivity (Wildman–Crippen MR) is 94.0 cm³/mol. The summed E-state index contributed by atoms with van der Waals surface area (Å²) in [6.45, 7) is 4.36. The lowest BCUT2D eigenvalue weighted by Gasteiger charge is -2.11. The van der Waals surface area contributed by atoms with Crippen molar-refractivity contribution >= 4 is 23.9 Å². The van der Waals surface area contributed by atoms with E-state index in [2.05, 4.69) is 19.2 Å². The minimum atomic E-state index is -1.27. The maximum Gasteiger partial charge on any atom is 0.326 e. The highest BCUT2D eigenvalue weighted by Gasteiger charge is 2.19. The van der Waals surface area contributed by atoms with Gasteiger partial charge in [-0.25, -0.2) is 9.18 Å². The maximum absolute atomic E-state index is 13.3. The Kier molecular flexibility index (Phi) is 11.3. The minimum absolute atomic E-state index is 0.107. The van der Waals surface area contributed by atoms with Crippen molar-refractivity contribution < 1.29 is 23.9 Å². The number of nitrogens with two attached hydrogens (primary N) is 1. The van der Waals surface area contributed by atoms with Crippen molar-refractivity contribution in [3.8, 4) is 0 Å². The lowest BCUT2D eigenvalue weighted by atomic mass is 10.1. The smallest absolute Gasteiger partial charge is 0.326 e. The number of halogens is 1. The first-order valence-electron chi connectivity index (χ1n) is 8.06. The summed E-state index contributed by atoms with van der Waals surface area (Å²) in [5, 5.41) is 11.1. The molecule has 1 rings (SSSR count). The molecule has 0 aliphatic rings. The average molecular weight is 352 g/mol. The molecule has 0 aliphatic heterocycles. The third-order valence-corrected chi connectivity index (χ3v) is 3.11. The number of carboxylic acids is 1. The van der Waals surface area contributed by atoms with Crippen molar-refractivity contribution in [2.45, 2.75) is 45.6 Å². The molecule has 7 heteroatoms. The van der Waals surface area contributed by atoms with Crippen molar-refractivity contribution in [1.29, 1.82) is 0 Å². The topological polar surface area (TPSA) is 109 Å². The first kappa shape index (κ1) is 22.3. The molecule has 0 heterocycles. The molecule has 1 atom stereocenters. The van der Waals surface area contributed by atoms with Crippen molar-refractivity contribution in [3.63, 3.8) is 0 Å². The number of benzene rings is 1. The van der Waals surface area contributed by atoms with E-state index in [0.717, 1.165) is 6.08 Å². The Morgan fingerprint density at radius 3 is 2.32 bits per heavy atom. The molecular formula is C18H25FN2O4. The molecule has 0 spiro atoms. The quantitative estimate of drug-likeness (QED) is 0.624. The van der Waals surface area contributed by atoms with Gasteiger partial charge in [0, 0.05) is 18.1 Å². The van der Waals surface area contributed by atoms with Crippen molar-refractivity contribution in [2.75, 3.05) is 0 Å². The molecule has 0 saturated heterocycles. The fraction of sp³-hybridized carbons (Fsp3) is 0.389. The average Bonchev–Trinajstić information content (AvgIpc) is 2.57. The van der Waals surface area contributed by atoms with Crippen molar-refractivity contribution in [1.82, 2.24) is 5.32 Å². The van der Waals surface area contributed by atoms with E-state index in [1.165, 1.54) is 37.1 Å². The van der Waals surface area contributed by atoms with Gasteiger partial charge < -0.3 is 16.2 Å². The second-order valence-corrected chi connectivity index (χ2v) is 5.26. The molecule has 1 aromatic rings. The molecule has 138 valence electrons. The van der Waals surface area contributed by atoms with Gasteiger partial charge in [0.05, 0.1) is 0 Å². The lowest BCUT2D eigenvalue weighted by molar-refractivity contribution is -0.141. The first-order chi connectivity index (χ1) is 11.8. The van der Waals surface area contributed by atoms with Crippen molar-refractivity contribution in [2.24, 2.45) is 5.73 Å². The summed E-state index contributed by atoms with van der Waals surface area (Å²) in [5.41, 5.74) is 5.13. The van der Waals surface area contributed by atoms with Gasteiger partial charge in [0.1, 0.15) is 11.9 Å². The van der Waals surface area contributed by atoms with Gasteiger partial charge in [-0.1, -0.05) is 44.9 Å². The van der Waals surface area contributed by atoms with Crippen LogP contribution in [-0.4, -0.2) is 28.9 Å². The fourth-order valence-electron chi connectivity index (χ4n) is 1.54. The fourth-order valence-corrected chi connectivity index (χ4v) is 1.54. The zero-order valence-electron chi connectivity index (χ0n) is 14.5. The van der Waals surface area contributed by atoms with Crippen LogP contribution >= 0.6 is 0 Å². The van der Waals surface area contributed by atoms with Crippen LogP contribution in [0, 0.1) is 5.82 Å². The molecule has 0 fully saturated rings. The number of nitrogens with one attached hydrogen (secondary N) is 1. The van der Waals surface area contributed by atoms with Gasteiger partial charge in [0.25, 0.3) is 0 Å². The zero-order valence-corrected chi connectivity index (χ0v) is 14.5. The third kappa shape index (κ3) is 10.6. The van der Waals surface area contributed by atoms with Crippen LogP contribution in [0.5, 0.6) is 0 Å². The Bertz CT molecular complexity index is 600. The van der Waals surface area contributed by atoms with Gasteiger partial charge in [0.15, 0.2) is 0 Å². The van der Waals surface area contributed by atoms with E-state index in [1.807, 2.05) is 0 Å². The highest BCUT2D eigenvalue weighted by atomic mass is 19.1. The molecule has 6 nitrogen and oxygen atoms in total. The number of primary amides is 1. The van der Waals surface area contributed by atoms with Crippen LogP contribution in [0.2, 0.25) is 0 Å². The van der Waals surface area contributed by atoms with Gasteiger partial charge in [-0.3, -0.25) is 9.59 Å². The molecule has 0 unspecified atom stereocenters. The molecule has 2 amide bonds. The van der Waals surface area contributed by atoms with Crippen LogP contribution in [-0.2, 0) is 14.4 Å². The van der Waals surface area contributed by atoms with Gasteiger partial charge in [0.2, 0.25) is 11.8 Å². The molecule has 0 aromatic heterocycles. The van der Waals surface area contributed by atoms with E-state index in [1.54, 1.807) is 6.07 Å². The van der Waals surface area contributed by atoms with E-state index in [4.69, 9.17) is 10.8 Å². The van der Waals surface area contributed by atoms with Crippen LogP contribution in [0.1, 0.15) is 45.1 Å². The molecule has 0 aliphatic carbocycles. The molecule has 25 heavy (non-hydrogen) atoms. The van der Waals surface area contributed by atoms with Crippen LogP contribution in [0.4, 0.5) is 4.39 Å². The zero-order chi connectivity index (χ0) is 19.2. The third-order valence-electron chi connectivity index (χ3n) is 3.11. The normalized spacial score (nSPS) is 11.3. The number of hydrogen-bond donors (Lipinski definition) is 3. The standard InChI is InChI=1S/C14H15FN2O4.C4H10/c15-10-4-2-1-3-9(10)5-8-13(19)17-11(14(20)21)6-7-12(16)18;1-3-4-2/h1-5,8,11H,6-7H2,(H2,16,18)(H,17,19)(H,20,21);3-4H2,1-2H3/b8-5+;/t11-;/m0./s1. The Hall–Kier alpha value is -2.70. The minimum Gasteiger partial charge on any atom is -0.480 e. The summed E-state index contributed by atoms with van der Waals surface area (Å²) < 4.78 is 13.3. The monoisotopic (exact) mass is 352 g/mol. The van der Waals surface area contributed by atoms with Crippen LogP contribution in [0.25, 0.3) is 6.08 Å². The Morgan fingerprint density at radius 2 is 1.84 bits per heavy atom. The SMILES string of the molecule is CCCC.NC(=O)CC[C@H](NC(=O)/C=C/c1ccccc1F)C(=O)O. The van der Waals surface area contributed by atoms with E-state index < -0.39 is 29.6 Å². The lowest BCUT2D eigenvalue weighted by Crippen LogP contribution is -2.40. The number of unbranched alkanes of at least 4 members (excludes halogenated alkanes) is 1. The number of aliphatic carboxylic acids is 1. The first-order valence-corrected chi connectivity index (χ1v) is 8.06. The van der Waals surface area contributed by atoms with Crippen molar-refractivity contribution in [3.05, 3.63) is 41.7 Å². The highest BCUT2D eigenvalue weighted by Crippen LogP contribution is 2.08. The number of hydrogen-bond acceptors (Lipinski definition) is 3. The molecule has 0 bridgehead atoms. The van der Waals surface area contributed by atoms with E-state index >= 15 is 0 Å². The highest BCUT2D eigenvalue weighted by molar-refractivity contribution is 5.94. The maximum atomic E-state index is 13.3. The Labute approximate surface area is 146 Å². The Morgan fingerprint density at radius 1 is 1.24 bits per heavy atom. The van der Waals surface area contributed by atoms with Crippen LogP contribution in [0.15, 0.2) is 30.3 Å². The van der Waals surface area contributed by atoms with Crippen LogP contribution < -0.4 is 11.1 Å². The summed E-state index contributed by atoms with van der Waals surface area (Å²) in [5.74, 6) is -3.12. The summed E-state index contributed by atoms with van der Waals surface area (Å²) >= 11 is 0. The van der Waals surface area contributed by atoms with E-state index in [9.17, 15) is 18.8 Å². The summed E-state index contributed by atoms with van der Waals surface area (Å²) in [6, 6.07) is 4.60. The number of carbonyl (C=O) groups is 3. The molecule has 0 radical (unpaired) electrons. The molecular weight excluding hydrogens is 327 g/mol. The summed E-state index contributed by atoms with van der Waals surface area (Å²) in [7, 11) is 0. The number of amides is 2. The van der Waals surface area contributed by atoms with Gasteiger partial charge in [-0.05, 0) is 18.6 Å². The molecule has 4 N–H and O–H groups in total. The van der Waals surface area contributed by atoms with Crippen LogP contribution in [0.3, 0.4) is 0 Å². The molecule has 0 saturated carbocycles. The summed E-state index contributed by atoms with van der Waals surface area (Å²) in [6.07, 6.45) is 4.63. The second kappa shape index (κ2) is 12.7. The summed E-state index contributed by atoms with van der Waals surface area (Å²) in [4.78, 5) is 33.1. The van der Waals surface area contributed by atoms with Gasteiger partial charge in [-0.15, -0.1) is 0 Å². The van der Waals surface area contributed by atoms with E-state index in [-0.39, 0.29) is 18.4 Å². The Balaban J connectivity index is 0.00000129. The second-order valence-electron chi connectivity index (χ2n) is 5.26. The predicted octanol–water partition coefficient (Wildman–Crippen LogP) is 2.48.